The molecule has 0 bridgehead atoms. The molecule has 6 heteroatoms. The Hall–Kier alpha value is -1.20. The Balaban J connectivity index is 3.40. The number of benzene rings is 1. The largest absolute Gasteiger partial charge is 0.416 e. The van der Waals surface area contributed by atoms with Crippen LogP contribution in [0.2, 0.25) is 0 Å². The normalized spacial score (nSPS) is 13.0. The van der Waals surface area contributed by atoms with Crippen molar-refractivity contribution < 1.29 is 26.3 Å². The lowest BCUT2D eigenvalue weighted by molar-refractivity contribution is -0.142. The van der Waals surface area contributed by atoms with E-state index in [4.69, 9.17) is 0 Å². The van der Waals surface area contributed by atoms with E-state index in [0.29, 0.717) is 12.1 Å². The first-order chi connectivity index (χ1) is 7.03. The van der Waals surface area contributed by atoms with E-state index in [0.717, 1.165) is 13.8 Å². The second kappa shape index (κ2) is 3.68. The van der Waals surface area contributed by atoms with Crippen LogP contribution in [0.4, 0.5) is 26.3 Å². The van der Waals surface area contributed by atoms with Crippen LogP contribution in [0.5, 0.6) is 0 Å². The van der Waals surface area contributed by atoms with Gasteiger partial charge in [-0.1, -0.05) is 0 Å². The lowest BCUT2D eigenvalue weighted by Crippen LogP contribution is -2.13. The lowest BCUT2D eigenvalue weighted by Gasteiger charge is -2.16. The summed E-state index contributed by atoms with van der Waals surface area (Å²) in [4.78, 5) is 0. The highest BCUT2D eigenvalue weighted by Crippen LogP contribution is 2.38. The SMILES string of the molecule is Cc1cc(C(F)(F)F)c(C)cc1C(F)(F)F. The summed E-state index contributed by atoms with van der Waals surface area (Å²) < 4.78 is 74.3. The van der Waals surface area contributed by atoms with Crippen molar-refractivity contribution in [3.05, 3.63) is 34.4 Å². The molecule has 16 heavy (non-hydrogen) atoms. The van der Waals surface area contributed by atoms with E-state index in [1.165, 1.54) is 0 Å². The van der Waals surface area contributed by atoms with Crippen LogP contribution in [0.25, 0.3) is 0 Å². The van der Waals surface area contributed by atoms with Crippen molar-refractivity contribution in [2.75, 3.05) is 0 Å². The Labute approximate surface area is 87.9 Å². The predicted octanol–water partition coefficient (Wildman–Crippen LogP) is 4.34. The first-order valence-corrected chi connectivity index (χ1v) is 4.29. The van der Waals surface area contributed by atoms with Crippen molar-refractivity contribution in [3.8, 4) is 0 Å². The van der Waals surface area contributed by atoms with E-state index in [1.807, 2.05) is 0 Å². The molecule has 0 aromatic heterocycles. The number of hydrogen-bond acceptors (Lipinski definition) is 0. The number of hydrogen-bond donors (Lipinski definition) is 0. The van der Waals surface area contributed by atoms with Gasteiger partial charge >= 0.3 is 12.4 Å². The number of halogens is 6. The summed E-state index contributed by atoms with van der Waals surface area (Å²) in [5.41, 5.74) is -2.91. The van der Waals surface area contributed by atoms with E-state index in [9.17, 15) is 26.3 Å². The molecule has 90 valence electrons. The van der Waals surface area contributed by atoms with Crippen LogP contribution in [0, 0.1) is 13.8 Å². The van der Waals surface area contributed by atoms with E-state index in [1.54, 1.807) is 0 Å². The molecule has 0 aliphatic rings. The van der Waals surface area contributed by atoms with Crippen LogP contribution in [0.15, 0.2) is 12.1 Å². The van der Waals surface area contributed by atoms with Crippen molar-refractivity contribution in [2.45, 2.75) is 26.2 Å². The molecule has 0 fully saturated rings. The van der Waals surface area contributed by atoms with Crippen LogP contribution in [0.1, 0.15) is 22.3 Å². The summed E-state index contributed by atoms with van der Waals surface area (Å²) in [6.45, 7) is 2.02. The summed E-state index contributed by atoms with van der Waals surface area (Å²) >= 11 is 0. The molecule has 0 saturated heterocycles. The Kier molecular flexibility index (Phi) is 2.96. The molecule has 1 rings (SSSR count). The summed E-state index contributed by atoms with van der Waals surface area (Å²) in [6.07, 6.45) is -9.25. The zero-order valence-electron chi connectivity index (χ0n) is 8.42. The maximum Gasteiger partial charge on any atom is 0.416 e. The molecule has 0 spiro atoms. The molecular formula is C10H8F6. The van der Waals surface area contributed by atoms with Gasteiger partial charge in [-0.2, -0.15) is 26.3 Å². The first kappa shape index (κ1) is 12.9. The molecule has 0 nitrogen and oxygen atoms in total. The van der Waals surface area contributed by atoms with Crippen molar-refractivity contribution in [3.63, 3.8) is 0 Å². The molecule has 0 amide bonds. The average molecular weight is 242 g/mol. The van der Waals surface area contributed by atoms with Gasteiger partial charge in [-0.3, -0.25) is 0 Å². The Bertz CT molecular complexity index is 359. The minimum absolute atomic E-state index is 0.426. The molecule has 0 radical (unpaired) electrons. The third kappa shape index (κ3) is 2.48. The highest BCUT2D eigenvalue weighted by Gasteiger charge is 2.37. The molecular weight excluding hydrogens is 234 g/mol. The van der Waals surface area contributed by atoms with Gasteiger partial charge in [0.15, 0.2) is 0 Å². The maximum atomic E-state index is 12.4. The van der Waals surface area contributed by atoms with Gasteiger partial charge in [-0.05, 0) is 37.1 Å². The van der Waals surface area contributed by atoms with Crippen LogP contribution in [0.3, 0.4) is 0 Å². The van der Waals surface area contributed by atoms with Gasteiger partial charge in [0, 0.05) is 0 Å². The fourth-order valence-electron chi connectivity index (χ4n) is 1.43. The van der Waals surface area contributed by atoms with Crippen molar-refractivity contribution in [1.82, 2.24) is 0 Å². The maximum absolute atomic E-state index is 12.4. The third-order valence-corrected chi connectivity index (χ3v) is 2.18. The summed E-state index contributed by atoms with van der Waals surface area (Å²) in [5, 5.41) is 0. The second-order valence-electron chi connectivity index (χ2n) is 3.48. The van der Waals surface area contributed by atoms with E-state index in [2.05, 4.69) is 0 Å². The third-order valence-electron chi connectivity index (χ3n) is 2.18. The molecule has 0 atom stereocenters. The average Bonchev–Trinajstić information content (AvgIpc) is 2.04. The van der Waals surface area contributed by atoms with Crippen molar-refractivity contribution >= 4 is 0 Å². The van der Waals surface area contributed by atoms with Crippen LogP contribution >= 0.6 is 0 Å². The zero-order chi connectivity index (χ0) is 12.7. The highest BCUT2D eigenvalue weighted by molar-refractivity contribution is 5.40. The van der Waals surface area contributed by atoms with Gasteiger partial charge in [0.25, 0.3) is 0 Å². The van der Waals surface area contributed by atoms with Crippen LogP contribution in [-0.4, -0.2) is 0 Å². The van der Waals surface area contributed by atoms with Gasteiger partial charge < -0.3 is 0 Å². The molecule has 1 aromatic carbocycles. The Morgan fingerprint density at radius 1 is 0.688 bits per heavy atom. The molecule has 1 aromatic rings. The number of aryl methyl sites for hydroxylation is 2. The Morgan fingerprint density at radius 2 is 0.938 bits per heavy atom. The monoisotopic (exact) mass is 242 g/mol. The minimum Gasteiger partial charge on any atom is -0.166 e. The predicted molar refractivity (Wildman–Crippen MR) is 45.9 cm³/mol. The van der Waals surface area contributed by atoms with Crippen LogP contribution in [-0.2, 0) is 12.4 Å². The second-order valence-corrected chi connectivity index (χ2v) is 3.48. The van der Waals surface area contributed by atoms with Crippen LogP contribution < -0.4 is 0 Å². The fourth-order valence-corrected chi connectivity index (χ4v) is 1.43. The molecule has 0 unspecified atom stereocenters. The molecule has 0 N–H and O–H groups in total. The fraction of sp³-hybridized carbons (Fsp3) is 0.400. The quantitative estimate of drug-likeness (QED) is 0.593. The highest BCUT2D eigenvalue weighted by atomic mass is 19.4. The number of alkyl halides is 6. The standard InChI is InChI=1S/C10H8F6/c1-5-3-8(10(14,15)16)6(2)4-7(5)9(11,12)13/h3-4H,1-2H3. The van der Waals surface area contributed by atoms with Crippen molar-refractivity contribution in [2.24, 2.45) is 0 Å². The lowest BCUT2D eigenvalue weighted by atomic mass is 9.99. The van der Waals surface area contributed by atoms with E-state index in [-0.39, 0.29) is 0 Å². The van der Waals surface area contributed by atoms with Gasteiger partial charge in [0.2, 0.25) is 0 Å². The van der Waals surface area contributed by atoms with Gasteiger partial charge in [0.1, 0.15) is 0 Å². The molecule has 0 aliphatic carbocycles. The van der Waals surface area contributed by atoms with Crippen molar-refractivity contribution in [1.29, 1.82) is 0 Å². The van der Waals surface area contributed by atoms with Gasteiger partial charge in [0.05, 0.1) is 11.1 Å². The van der Waals surface area contributed by atoms with Gasteiger partial charge in [-0.25, -0.2) is 0 Å². The molecule has 0 heterocycles. The zero-order valence-corrected chi connectivity index (χ0v) is 8.42. The topological polar surface area (TPSA) is 0 Å². The van der Waals surface area contributed by atoms with Gasteiger partial charge in [-0.15, -0.1) is 0 Å². The summed E-state index contributed by atoms with van der Waals surface area (Å²) in [7, 11) is 0. The summed E-state index contributed by atoms with van der Waals surface area (Å²) in [6, 6.07) is 1.05. The van der Waals surface area contributed by atoms with E-state index >= 15 is 0 Å². The first-order valence-electron chi connectivity index (χ1n) is 4.29. The minimum atomic E-state index is -4.63. The molecule has 0 aliphatic heterocycles. The number of rotatable bonds is 0. The summed E-state index contributed by atoms with van der Waals surface area (Å²) in [5.74, 6) is 0. The smallest absolute Gasteiger partial charge is 0.166 e. The molecule has 0 saturated carbocycles. The van der Waals surface area contributed by atoms with E-state index < -0.39 is 34.6 Å². The Morgan fingerprint density at radius 3 is 1.12 bits per heavy atom.